The molecule has 0 saturated heterocycles. The van der Waals surface area contributed by atoms with Gasteiger partial charge in [-0.1, -0.05) is 11.6 Å². The molecule has 1 heterocycles. The van der Waals surface area contributed by atoms with E-state index < -0.39 is 10.0 Å². The summed E-state index contributed by atoms with van der Waals surface area (Å²) in [6.45, 7) is 0. The number of ketones is 1. The van der Waals surface area contributed by atoms with Crippen LogP contribution in [0, 0.1) is 11.8 Å². The lowest BCUT2D eigenvalue weighted by Crippen LogP contribution is -2.45. The van der Waals surface area contributed by atoms with E-state index >= 15 is 0 Å². The number of thiophene rings is 1. The third kappa shape index (κ3) is 2.46. The third-order valence-electron chi connectivity index (χ3n) is 4.02. The molecule has 19 heavy (non-hydrogen) atoms. The Balaban J connectivity index is 1.83. The van der Waals surface area contributed by atoms with E-state index in [1.54, 1.807) is 11.4 Å². The summed E-state index contributed by atoms with van der Waals surface area (Å²) < 4.78 is 27.6. The van der Waals surface area contributed by atoms with Crippen molar-refractivity contribution in [2.75, 3.05) is 0 Å². The molecule has 2 bridgehead atoms. The predicted octanol–water partition coefficient (Wildman–Crippen LogP) is 2.44. The van der Waals surface area contributed by atoms with Crippen LogP contribution in [0.3, 0.4) is 0 Å². The maximum absolute atomic E-state index is 12.3. The van der Waals surface area contributed by atoms with Gasteiger partial charge in [0.15, 0.2) is 4.21 Å². The molecule has 3 rings (SSSR count). The second-order valence-electron chi connectivity index (χ2n) is 5.25. The second-order valence-corrected chi connectivity index (χ2v) is 8.48. The fourth-order valence-corrected chi connectivity index (χ4v) is 6.27. The molecule has 0 amide bonds. The van der Waals surface area contributed by atoms with Crippen LogP contribution < -0.4 is 4.72 Å². The molecule has 2 fully saturated rings. The van der Waals surface area contributed by atoms with Crippen molar-refractivity contribution in [2.45, 2.75) is 35.9 Å². The van der Waals surface area contributed by atoms with Crippen LogP contribution in [0.25, 0.3) is 0 Å². The average molecular weight is 320 g/mol. The summed E-state index contributed by atoms with van der Waals surface area (Å²) in [5.41, 5.74) is 0. The first kappa shape index (κ1) is 13.5. The molecule has 2 atom stereocenters. The maximum atomic E-state index is 12.3. The van der Waals surface area contributed by atoms with Gasteiger partial charge in [-0.05, 0) is 36.1 Å². The molecular formula is C12H14ClNO3S2. The summed E-state index contributed by atoms with van der Waals surface area (Å²) >= 11 is 7.01. The molecule has 2 aliphatic carbocycles. The summed E-state index contributed by atoms with van der Waals surface area (Å²) in [6, 6.07) is 1.47. The van der Waals surface area contributed by atoms with Crippen LogP contribution in [0.2, 0.25) is 5.02 Å². The quantitative estimate of drug-likeness (QED) is 0.930. The minimum atomic E-state index is -3.57. The van der Waals surface area contributed by atoms with Gasteiger partial charge in [0.2, 0.25) is 0 Å². The standard InChI is InChI=1S/C12H14ClNO3S2/c13-10-3-4-18-12(10)19(16,17)14-11-7-1-2-8(11)6-9(15)5-7/h3-4,7-8,11,14H,1-2,5-6H2. The van der Waals surface area contributed by atoms with Crippen molar-refractivity contribution in [3.05, 3.63) is 16.5 Å². The molecule has 0 aromatic carbocycles. The number of carbonyl (C=O) groups excluding carboxylic acids is 1. The van der Waals surface area contributed by atoms with E-state index in [-0.39, 0.29) is 32.9 Å². The van der Waals surface area contributed by atoms with E-state index in [2.05, 4.69) is 4.72 Å². The molecule has 1 aromatic heterocycles. The van der Waals surface area contributed by atoms with Gasteiger partial charge in [0, 0.05) is 18.9 Å². The predicted molar refractivity (Wildman–Crippen MR) is 73.9 cm³/mol. The van der Waals surface area contributed by atoms with Gasteiger partial charge in [-0.3, -0.25) is 4.79 Å². The Bertz CT molecular complexity index is 594. The Morgan fingerprint density at radius 2 is 1.89 bits per heavy atom. The highest BCUT2D eigenvalue weighted by Gasteiger charge is 2.44. The zero-order valence-electron chi connectivity index (χ0n) is 10.1. The lowest BCUT2D eigenvalue weighted by molar-refractivity contribution is -0.122. The van der Waals surface area contributed by atoms with Crippen molar-refractivity contribution in [1.82, 2.24) is 4.72 Å². The van der Waals surface area contributed by atoms with Gasteiger partial charge >= 0.3 is 0 Å². The number of fused-ring (bicyclic) bond motifs is 2. The molecule has 0 aliphatic heterocycles. The van der Waals surface area contributed by atoms with Crippen LogP contribution in [0.4, 0.5) is 0 Å². The summed E-state index contributed by atoms with van der Waals surface area (Å²) in [5, 5.41) is 1.92. The van der Waals surface area contributed by atoms with Gasteiger partial charge in [0.25, 0.3) is 10.0 Å². The Labute approximate surface area is 121 Å². The van der Waals surface area contributed by atoms with Gasteiger partial charge in [0.05, 0.1) is 5.02 Å². The molecule has 2 unspecified atom stereocenters. The Morgan fingerprint density at radius 1 is 1.26 bits per heavy atom. The summed E-state index contributed by atoms with van der Waals surface area (Å²) in [5.74, 6) is 0.566. The van der Waals surface area contributed by atoms with Crippen LogP contribution in [0.15, 0.2) is 15.7 Å². The number of rotatable bonds is 3. The van der Waals surface area contributed by atoms with Crippen LogP contribution in [0.1, 0.15) is 25.7 Å². The van der Waals surface area contributed by atoms with E-state index in [0.717, 1.165) is 24.2 Å². The van der Waals surface area contributed by atoms with Crippen LogP contribution in [0.5, 0.6) is 0 Å². The molecular weight excluding hydrogens is 306 g/mol. The number of sulfonamides is 1. The van der Waals surface area contributed by atoms with E-state index in [4.69, 9.17) is 11.6 Å². The van der Waals surface area contributed by atoms with Crippen molar-refractivity contribution >= 4 is 38.7 Å². The fraction of sp³-hybridized carbons (Fsp3) is 0.583. The van der Waals surface area contributed by atoms with Gasteiger partial charge in [0.1, 0.15) is 5.78 Å². The number of hydrogen-bond donors (Lipinski definition) is 1. The van der Waals surface area contributed by atoms with Crippen molar-refractivity contribution in [3.63, 3.8) is 0 Å². The smallest absolute Gasteiger partial charge is 0.251 e. The lowest BCUT2D eigenvalue weighted by atomic mass is 9.84. The minimum absolute atomic E-state index is 0.110. The second kappa shape index (κ2) is 4.84. The first-order valence-corrected chi connectivity index (χ1v) is 8.98. The number of carbonyl (C=O) groups is 1. The van der Waals surface area contributed by atoms with E-state index in [9.17, 15) is 13.2 Å². The Morgan fingerprint density at radius 3 is 2.42 bits per heavy atom. The van der Waals surface area contributed by atoms with Gasteiger partial charge in [-0.2, -0.15) is 0 Å². The zero-order chi connectivity index (χ0) is 13.6. The fourth-order valence-electron chi connectivity index (χ4n) is 3.20. The Hall–Kier alpha value is -0.430. The van der Waals surface area contributed by atoms with Crippen LogP contribution in [-0.4, -0.2) is 20.2 Å². The van der Waals surface area contributed by atoms with E-state index in [1.165, 1.54) is 0 Å². The molecule has 0 radical (unpaired) electrons. The number of halogens is 1. The molecule has 4 nitrogen and oxygen atoms in total. The van der Waals surface area contributed by atoms with Crippen molar-refractivity contribution in [3.8, 4) is 0 Å². The van der Waals surface area contributed by atoms with Gasteiger partial charge in [-0.15, -0.1) is 11.3 Å². The van der Waals surface area contributed by atoms with Crippen molar-refractivity contribution < 1.29 is 13.2 Å². The average Bonchev–Trinajstić information content (AvgIpc) is 2.83. The largest absolute Gasteiger partial charge is 0.300 e. The first-order chi connectivity index (χ1) is 8.97. The number of hydrogen-bond acceptors (Lipinski definition) is 4. The SMILES string of the molecule is O=C1CC2CCC(C1)C2NS(=O)(=O)c1sccc1Cl. The van der Waals surface area contributed by atoms with E-state index in [0.29, 0.717) is 12.8 Å². The highest BCUT2D eigenvalue weighted by molar-refractivity contribution is 7.91. The number of nitrogens with one attached hydrogen (secondary N) is 1. The monoisotopic (exact) mass is 319 g/mol. The van der Waals surface area contributed by atoms with Crippen molar-refractivity contribution in [2.24, 2.45) is 11.8 Å². The Kier molecular flexibility index (Phi) is 3.45. The highest BCUT2D eigenvalue weighted by atomic mass is 35.5. The number of Topliss-reactive ketones (excluding diaryl/α,β-unsaturated/α-hetero) is 1. The van der Waals surface area contributed by atoms with E-state index in [1.807, 2.05) is 0 Å². The summed E-state index contributed by atoms with van der Waals surface area (Å²) in [7, 11) is -3.57. The molecule has 1 aromatic rings. The van der Waals surface area contributed by atoms with Gasteiger partial charge < -0.3 is 0 Å². The van der Waals surface area contributed by atoms with Gasteiger partial charge in [-0.25, -0.2) is 13.1 Å². The van der Waals surface area contributed by atoms with Crippen LogP contribution >= 0.6 is 22.9 Å². The molecule has 2 aliphatic rings. The highest BCUT2D eigenvalue weighted by Crippen LogP contribution is 2.41. The van der Waals surface area contributed by atoms with Crippen LogP contribution in [-0.2, 0) is 14.8 Å². The topological polar surface area (TPSA) is 63.2 Å². The first-order valence-electron chi connectivity index (χ1n) is 6.24. The maximum Gasteiger partial charge on any atom is 0.251 e. The summed E-state index contributed by atoms with van der Waals surface area (Å²) in [6.07, 6.45) is 2.87. The minimum Gasteiger partial charge on any atom is -0.300 e. The molecule has 104 valence electrons. The zero-order valence-corrected chi connectivity index (χ0v) is 12.5. The molecule has 1 N–H and O–H groups in total. The summed E-state index contributed by atoms with van der Waals surface area (Å²) in [4.78, 5) is 11.5. The van der Waals surface area contributed by atoms with Crippen molar-refractivity contribution in [1.29, 1.82) is 0 Å². The molecule has 2 saturated carbocycles. The third-order valence-corrected chi connectivity index (χ3v) is 7.51. The molecule has 7 heteroatoms. The normalized spacial score (nSPS) is 30.8. The molecule has 0 spiro atoms. The lowest BCUT2D eigenvalue weighted by Gasteiger charge is -2.29.